The molecule has 0 saturated carbocycles. The van der Waals surface area contributed by atoms with Crippen molar-refractivity contribution in [3.63, 3.8) is 0 Å². The van der Waals surface area contributed by atoms with E-state index >= 15 is 0 Å². The van der Waals surface area contributed by atoms with Crippen molar-refractivity contribution in [3.8, 4) is 0 Å². The Morgan fingerprint density at radius 1 is 1.29 bits per heavy atom. The van der Waals surface area contributed by atoms with Gasteiger partial charge < -0.3 is 14.6 Å². The molecule has 0 aliphatic rings. The Hall–Kier alpha value is -0.380. The highest BCUT2D eigenvalue weighted by molar-refractivity contribution is 4.64. The Kier molecular flexibility index (Phi) is 10.4. The average Bonchev–Trinajstić information content (AvgIpc) is 2.18. The molecule has 0 aliphatic carbocycles. The molecule has 1 atom stereocenters. The van der Waals surface area contributed by atoms with E-state index in [1.54, 1.807) is 6.08 Å². The zero-order chi connectivity index (χ0) is 10.6. The maximum Gasteiger partial charge on any atom is 0.101 e. The third-order valence-corrected chi connectivity index (χ3v) is 1.75. The van der Waals surface area contributed by atoms with Crippen LogP contribution in [0, 0.1) is 0 Å². The molecule has 0 rings (SSSR count). The van der Waals surface area contributed by atoms with Gasteiger partial charge in [0.15, 0.2) is 0 Å². The second kappa shape index (κ2) is 10.7. The van der Waals surface area contributed by atoms with Gasteiger partial charge in [-0.05, 0) is 6.42 Å². The van der Waals surface area contributed by atoms with Crippen LogP contribution in [-0.2, 0) is 9.47 Å². The van der Waals surface area contributed by atoms with Gasteiger partial charge in [0.05, 0.1) is 19.8 Å². The van der Waals surface area contributed by atoms with Crippen LogP contribution in [0.25, 0.3) is 0 Å². The lowest BCUT2D eigenvalue weighted by atomic mass is 10.3. The third-order valence-electron chi connectivity index (χ3n) is 1.75. The van der Waals surface area contributed by atoms with Gasteiger partial charge in [-0.25, -0.2) is 0 Å². The molecule has 0 bridgehead atoms. The van der Waals surface area contributed by atoms with Crippen LogP contribution in [0.4, 0.5) is 0 Å². The molecule has 0 amide bonds. The SMILES string of the molecule is C=CCOCC(O)COCCCCC. The van der Waals surface area contributed by atoms with Gasteiger partial charge in [0.25, 0.3) is 0 Å². The lowest BCUT2D eigenvalue weighted by Gasteiger charge is -2.10. The first kappa shape index (κ1) is 13.6. The van der Waals surface area contributed by atoms with Crippen LogP contribution in [0.15, 0.2) is 12.7 Å². The van der Waals surface area contributed by atoms with Gasteiger partial charge in [-0.15, -0.1) is 6.58 Å². The molecule has 0 aromatic carbocycles. The fraction of sp³-hybridized carbons (Fsp3) is 0.818. The quantitative estimate of drug-likeness (QED) is 0.433. The third kappa shape index (κ3) is 9.71. The summed E-state index contributed by atoms with van der Waals surface area (Å²) in [4.78, 5) is 0. The number of aliphatic hydroxyl groups is 1. The van der Waals surface area contributed by atoms with E-state index in [4.69, 9.17) is 9.47 Å². The fourth-order valence-corrected chi connectivity index (χ4v) is 1.01. The van der Waals surface area contributed by atoms with Crippen molar-refractivity contribution < 1.29 is 14.6 Å². The lowest BCUT2D eigenvalue weighted by molar-refractivity contribution is -0.0136. The molecule has 0 fully saturated rings. The Bertz CT molecular complexity index is 126. The maximum atomic E-state index is 9.35. The van der Waals surface area contributed by atoms with Crippen molar-refractivity contribution in [2.24, 2.45) is 0 Å². The second-order valence-electron chi connectivity index (χ2n) is 3.26. The van der Waals surface area contributed by atoms with Gasteiger partial charge >= 0.3 is 0 Å². The minimum atomic E-state index is -0.517. The molecule has 84 valence electrons. The van der Waals surface area contributed by atoms with E-state index in [9.17, 15) is 5.11 Å². The predicted molar refractivity (Wildman–Crippen MR) is 57.4 cm³/mol. The van der Waals surface area contributed by atoms with Crippen molar-refractivity contribution in [2.45, 2.75) is 32.3 Å². The zero-order valence-corrected chi connectivity index (χ0v) is 9.08. The van der Waals surface area contributed by atoms with Gasteiger partial charge in [0.1, 0.15) is 6.10 Å². The summed E-state index contributed by atoms with van der Waals surface area (Å²) in [5.74, 6) is 0. The summed E-state index contributed by atoms with van der Waals surface area (Å²) < 4.78 is 10.3. The van der Waals surface area contributed by atoms with Crippen LogP contribution >= 0.6 is 0 Å². The molecule has 14 heavy (non-hydrogen) atoms. The van der Waals surface area contributed by atoms with Crippen molar-refractivity contribution in [1.29, 1.82) is 0 Å². The average molecular weight is 202 g/mol. The summed E-state index contributed by atoms with van der Waals surface area (Å²) in [5, 5.41) is 9.35. The Labute approximate surface area is 86.7 Å². The van der Waals surface area contributed by atoms with Crippen molar-refractivity contribution in [2.75, 3.05) is 26.4 Å². The van der Waals surface area contributed by atoms with E-state index in [1.165, 1.54) is 12.8 Å². The molecule has 1 N–H and O–H groups in total. The summed E-state index contributed by atoms with van der Waals surface area (Å²) in [5.41, 5.74) is 0. The van der Waals surface area contributed by atoms with Crippen molar-refractivity contribution >= 4 is 0 Å². The molecule has 0 aliphatic heterocycles. The lowest BCUT2D eigenvalue weighted by Crippen LogP contribution is -2.22. The number of hydrogen-bond donors (Lipinski definition) is 1. The van der Waals surface area contributed by atoms with Crippen molar-refractivity contribution in [3.05, 3.63) is 12.7 Å². The first-order valence-electron chi connectivity index (χ1n) is 5.25. The molecular formula is C11H22O3. The van der Waals surface area contributed by atoms with Gasteiger partial charge in [-0.1, -0.05) is 25.8 Å². The van der Waals surface area contributed by atoms with Gasteiger partial charge in [0, 0.05) is 6.61 Å². The number of rotatable bonds is 10. The Balaban J connectivity index is 3.09. The fourth-order valence-electron chi connectivity index (χ4n) is 1.01. The number of ether oxygens (including phenoxy) is 2. The first-order valence-corrected chi connectivity index (χ1v) is 5.25. The molecule has 1 unspecified atom stereocenters. The van der Waals surface area contributed by atoms with E-state index in [1.807, 2.05) is 0 Å². The highest BCUT2D eigenvalue weighted by Gasteiger charge is 2.02. The minimum absolute atomic E-state index is 0.319. The van der Waals surface area contributed by atoms with Gasteiger partial charge in [-0.2, -0.15) is 0 Å². The monoisotopic (exact) mass is 202 g/mol. The number of unbranched alkanes of at least 4 members (excludes halogenated alkanes) is 2. The van der Waals surface area contributed by atoms with E-state index < -0.39 is 6.10 Å². The maximum absolute atomic E-state index is 9.35. The highest BCUT2D eigenvalue weighted by atomic mass is 16.5. The molecule has 0 heterocycles. The van der Waals surface area contributed by atoms with Crippen LogP contribution in [0.2, 0.25) is 0 Å². The number of aliphatic hydroxyl groups excluding tert-OH is 1. The molecule has 0 aromatic rings. The molecule has 0 aromatic heterocycles. The highest BCUT2D eigenvalue weighted by Crippen LogP contribution is 1.95. The summed E-state index contributed by atoms with van der Waals surface area (Å²) in [6.45, 7) is 7.56. The van der Waals surface area contributed by atoms with Crippen LogP contribution in [0.5, 0.6) is 0 Å². The second-order valence-corrected chi connectivity index (χ2v) is 3.26. The van der Waals surface area contributed by atoms with E-state index in [0.717, 1.165) is 13.0 Å². The van der Waals surface area contributed by atoms with E-state index in [-0.39, 0.29) is 0 Å². The Morgan fingerprint density at radius 2 is 2.00 bits per heavy atom. The van der Waals surface area contributed by atoms with Crippen molar-refractivity contribution in [1.82, 2.24) is 0 Å². The van der Waals surface area contributed by atoms with Gasteiger partial charge in [-0.3, -0.25) is 0 Å². The molecule has 3 heteroatoms. The molecular weight excluding hydrogens is 180 g/mol. The molecule has 0 saturated heterocycles. The van der Waals surface area contributed by atoms with E-state index in [0.29, 0.717) is 19.8 Å². The summed E-state index contributed by atoms with van der Waals surface area (Å²) in [6.07, 6.45) is 4.58. The molecule has 0 spiro atoms. The largest absolute Gasteiger partial charge is 0.388 e. The topological polar surface area (TPSA) is 38.7 Å². The van der Waals surface area contributed by atoms with Crippen LogP contribution < -0.4 is 0 Å². The van der Waals surface area contributed by atoms with Crippen LogP contribution in [0.1, 0.15) is 26.2 Å². The van der Waals surface area contributed by atoms with Crippen LogP contribution in [0.3, 0.4) is 0 Å². The van der Waals surface area contributed by atoms with Crippen LogP contribution in [-0.4, -0.2) is 37.6 Å². The van der Waals surface area contributed by atoms with Gasteiger partial charge in [0.2, 0.25) is 0 Å². The van der Waals surface area contributed by atoms with E-state index in [2.05, 4.69) is 13.5 Å². The first-order chi connectivity index (χ1) is 6.81. The number of hydrogen-bond acceptors (Lipinski definition) is 3. The smallest absolute Gasteiger partial charge is 0.101 e. The minimum Gasteiger partial charge on any atom is -0.388 e. The normalized spacial score (nSPS) is 12.7. The zero-order valence-electron chi connectivity index (χ0n) is 9.08. The standard InChI is InChI=1S/C11H22O3/c1-3-5-6-8-14-10-11(12)9-13-7-4-2/h4,11-12H,2-3,5-10H2,1H3. The summed E-state index contributed by atoms with van der Waals surface area (Å²) in [6, 6.07) is 0. The summed E-state index contributed by atoms with van der Waals surface area (Å²) >= 11 is 0. The molecule has 0 radical (unpaired) electrons. The predicted octanol–water partition coefficient (Wildman–Crippen LogP) is 1.76. The molecule has 3 nitrogen and oxygen atoms in total. The Morgan fingerprint density at radius 3 is 2.64 bits per heavy atom. The summed E-state index contributed by atoms with van der Waals surface area (Å²) in [7, 11) is 0.